The Morgan fingerprint density at radius 1 is 1.42 bits per heavy atom. The molecular formula is C17H13ClN2O4. The standard InChI is InChI=1S/C17H13ClN2O4/c1-11-4-5-13(8-15(11)18)20-16(21)10-24-17(22)12(9-19)7-14-3-2-6-23-14/h2-8H,10H2,1H3,(H,20,21)/b12-7+. The number of amides is 1. The maximum atomic E-state index is 11.8. The number of nitrogens with one attached hydrogen (secondary N) is 1. The topological polar surface area (TPSA) is 92.3 Å². The first-order valence-electron chi connectivity index (χ1n) is 6.88. The first kappa shape index (κ1) is 17.3. The fourth-order valence-electron chi connectivity index (χ4n) is 1.73. The van der Waals surface area contributed by atoms with Gasteiger partial charge in [-0.15, -0.1) is 0 Å². The molecule has 0 fully saturated rings. The Balaban J connectivity index is 1.92. The number of nitrogens with zero attached hydrogens (tertiary/aromatic N) is 1. The van der Waals surface area contributed by atoms with Gasteiger partial charge in [-0.25, -0.2) is 4.79 Å². The summed E-state index contributed by atoms with van der Waals surface area (Å²) in [4.78, 5) is 23.6. The van der Waals surface area contributed by atoms with Crippen LogP contribution in [-0.2, 0) is 14.3 Å². The van der Waals surface area contributed by atoms with Crippen molar-refractivity contribution in [2.24, 2.45) is 0 Å². The summed E-state index contributed by atoms with van der Waals surface area (Å²) in [5.41, 5.74) is 1.09. The van der Waals surface area contributed by atoms with Crippen molar-refractivity contribution in [1.82, 2.24) is 0 Å². The van der Waals surface area contributed by atoms with Crippen LogP contribution in [0.15, 0.2) is 46.6 Å². The molecule has 0 radical (unpaired) electrons. The van der Waals surface area contributed by atoms with E-state index in [9.17, 15) is 9.59 Å². The fraction of sp³-hybridized carbons (Fsp3) is 0.118. The van der Waals surface area contributed by atoms with E-state index in [2.05, 4.69) is 5.32 Å². The van der Waals surface area contributed by atoms with Crippen molar-refractivity contribution in [2.45, 2.75) is 6.92 Å². The third kappa shape index (κ3) is 4.73. The number of carbonyl (C=O) groups excluding carboxylic acids is 2. The molecule has 1 amide bonds. The molecule has 0 aliphatic carbocycles. The second-order valence-electron chi connectivity index (χ2n) is 4.77. The van der Waals surface area contributed by atoms with Crippen molar-refractivity contribution in [3.05, 3.63) is 58.5 Å². The molecule has 0 aliphatic rings. The molecule has 1 aromatic carbocycles. The van der Waals surface area contributed by atoms with Crippen LogP contribution in [0.25, 0.3) is 6.08 Å². The Hall–Kier alpha value is -3.04. The molecule has 2 aromatic rings. The number of carbonyl (C=O) groups is 2. The smallest absolute Gasteiger partial charge is 0.349 e. The average molecular weight is 345 g/mol. The highest BCUT2D eigenvalue weighted by molar-refractivity contribution is 6.31. The molecule has 1 heterocycles. The minimum atomic E-state index is -0.911. The lowest BCUT2D eigenvalue weighted by Gasteiger charge is -2.07. The molecule has 0 spiro atoms. The highest BCUT2D eigenvalue weighted by Gasteiger charge is 2.14. The van der Waals surface area contributed by atoms with Gasteiger partial charge in [0.2, 0.25) is 0 Å². The quantitative estimate of drug-likeness (QED) is 0.510. The Labute approximate surface area is 143 Å². The molecule has 2 rings (SSSR count). The van der Waals surface area contributed by atoms with E-state index in [1.54, 1.807) is 36.4 Å². The summed E-state index contributed by atoms with van der Waals surface area (Å²) >= 11 is 5.96. The molecule has 1 aromatic heterocycles. The third-order valence-electron chi connectivity index (χ3n) is 2.96. The van der Waals surface area contributed by atoms with E-state index in [0.29, 0.717) is 16.5 Å². The number of furan rings is 1. The lowest BCUT2D eigenvalue weighted by atomic mass is 10.2. The van der Waals surface area contributed by atoms with Crippen LogP contribution in [0.3, 0.4) is 0 Å². The second-order valence-corrected chi connectivity index (χ2v) is 5.18. The molecule has 0 bridgehead atoms. The monoisotopic (exact) mass is 344 g/mol. The summed E-state index contributed by atoms with van der Waals surface area (Å²) in [6.07, 6.45) is 2.65. The molecule has 0 saturated carbocycles. The molecule has 6 nitrogen and oxygen atoms in total. The Morgan fingerprint density at radius 2 is 2.21 bits per heavy atom. The van der Waals surface area contributed by atoms with Crippen LogP contribution >= 0.6 is 11.6 Å². The van der Waals surface area contributed by atoms with E-state index >= 15 is 0 Å². The van der Waals surface area contributed by atoms with Gasteiger partial charge in [0.15, 0.2) is 6.61 Å². The number of halogens is 1. The second kappa shape index (κ2) is 7.99. The molecule has 0 aliphatic heterocycles. The molecule has 0 unspecified atom stereocenters. The highest BCUT2D eigenvalue weighted by atomic mass is 35.5. The van der Waals surface area contributed by atoms with Gasteiger partial charge in [0.25, 0.3) is 5.91 Å². The zero-order chi connectivity index (χ0) is 17.5. The zero-order valence-corrected chi connectivity index (χ0v) is 13.5. The number of hydrogen-bond donors (Lipinski definition) is 1. The summed E-state index contributed by atoms with van der Waals surface area (Å²) in [6.45, 7) is 1.31. The number of ether oxygens (including phenoxy) is 1. The molecule has 122 valence electrons. The van der Waals surface area contributed by atoms with Crippen LogP contribution in [0.2, 0.25) is 5.02 Å². The van der Waals surface area contributed by atoms with Crippen LogP contribution in [0.4, 0.5) is 5.69 Å². The van der Waals surface area contributed by atoms with Crippen LogP contribution in [0, 0.1) is 18.3 Å². The minimum Gasteiger partial charge on any atom is -0.465 e. The van der Waals surface area contributed by atoms with E-state index in [-0.39, 0.29) is 5.57 Å². The number of benzene rings is 1. The molecule has 1 N–H and O–H groups in total. The highest BCUT2D eigenvalue weighted by Crippen LogP contribution is 2.19. The summed E-state index contributed by atoms with van der Waals surface area (Å²) in [5, 5.41) is 12.0. The third-order valence-corrected chi connectivity index (χ3v) is 3.37. The van der Waals surface area contributed by atoms with Gasteiger partial charge in [0, 0.05) is 16.8 Å². The van der Waals surface area contributed by atoms with E-state index in [1.807, 2.05) is 6.92 Å². The van der Waals surface area contributed by atoms with Crippen LogP contribution in [0.5, 0.6) is 0 Å². The number of esters is 1. The first-order chi connectivity index (χ1) is 11.5. The lowest BCUT2D eigenvalue weighted by Crippen LogP contribution is -2.21. The molecule has 0 saturated heterocycles. The van der Waals surface area contributed by atoms with E-state index in [1.165, 1.54) is 12.3 Å². The van der Waals surface area contributed by atoms with E-state index in [4.69, 9.17) is 26.0 Å². The maximum Gasteiger partial charge on any atom is 0.349 e. The number of rotatable bonds is 5. The number of hydrogen-bond acceptors (Lipinski definition) is 5. The Kier molecular flexibility index (Phi) is 5.77. The van der Waals surface area contributed by atoms with Crippen LogP contribution in [0.1, 0.15) is 11.3 Å². The summed E-state index contributed by atoms with van der Waals surface area (Å²) < 4.78 is 9.83. The van der Waals surface area contributed by atoms with Crippen molar-refractivity contribution >= 4 is 35.2 Å². The van der Waals surface area contributed by atoms with Gasteiger partial charge in [-0.1, -0.05) is 17.7 Å². The van der Waals surface area contributed by atoms with Gasteiger partial charge >= 0.3 is 5.97 Å². The predicted molar refractivity (Wildman–Crippen MR) is 88.1 cm³/mol. The first-order valence-corrected chi connectivity index (χ1v) is 7.26. The van der Waals surface area contributed by atoms with Gasteiger partial charge in [-0.3, -0.25) is 4.79 Å². The zero-order valence-electron chi connectivity index (χ0n) is 12.7. The molecule has 24 heavy (non-hydrogen) atoms. The number of nitriles is 1. The summed E-state index contributed by atoms with van der Waals surface area (Å²) in [5.74, 6) is -1.12. The predicted octanol–water partition coefficient (Wildman–Crippen LogP) is 3.33. The van der Waals surface area contributed by atoms with E-state index < -0.39 is 18.5 Å². The molecular weight excluding hydrogens is 332 g/mol. The van der Waals surface area contributed by atoms with Crippen LogP contribution in [-0.4, -0.2) is 18.5 Å². The van der Waals surface area contributed by atoms with Crippen molar-refractivity contribution in [3.63, 3.8) is 0 Å². The largest absolute Gasteiger partial charge is 0.465 e. The van der Waals surface area contributed by atoms with Gasteiger partial charge in [-0.2, -0.15) is 5.26 Å². The number of aryl methyl sites for hydroxylation is 1. The minimum absolute atomic E-state index is 0.267. The van der Waals surface area contributed by atoms with Gasteiger partial charge < -0.3 is 14.5 Å². The van der Waals surface area contributed by atoms with E-state index in [0.717, 1.165) is 5.56 Å². The Morgan fingerprint density at radius 3 is 2.83 bits per heavy atom. The van der Waals surface area contributed by atoms with Crippen molar-refractivity contribution < 1.29 is 18.7 Å². The van der Waals surface area contributed by atoms with Gasteiger partial charge in [0.05, 0.1) is 6.26 Å². The Bertz CT molecular complexity index is 820. The van der Waals surface area contributed by atoms with Crippen molar-refractivity contribution in [3.8, 4) is 6.07 Å². The lowest BCUT2D eigenvalue weighted by molar-refractivity contribution is -0.142. The molecule has 7 heteroatoms. The maximum absolute atomic E-state index is 11.8. The fourth-order valence-corrected chi connectivity index (χ4v) is 1.91. The SMILES string of the molecule is Cc1ccc(NC(=O)COC(=O)/C(C#N)=C/c2ccco2)cc1Cl. The van der Waals surface area contributed by atoms with Crippen molar-refractivity contribution in [2.75, 3.05) is 11.9 Å². The van der Waals surface area contributed by atoms with Crippen LogP contribution < -0.4 is 5.32 Å². The number of anilines is 1. The average Bonchev–Trinajstić information content (AvgIpc) is 3.07. The van der Waals surface area contributed by atoms with Gasteiger partial charge in [-0.05, 0) is 36.8 Å². The van der Waals surface area contributed by atoms with Gasteiger partial charge in [0.1, 0.15) is 17.4 Å². The molecule has 0 atom stereocenters. The summed E-state index contributed by atoms with van der Waals surface area (Å²) in [7, 11) is 0. The normalized spacial score (nSPS) is 10.8. The van der Waals surface area contributed by atoms with Crippen molar-refractivity contribution in [1.29, 1.82) is 5.26 Å². The summed E-state index contributed by atoms with van der Waals surface area (Å²) in [6, 6.07) is 9.93.